The molecule has 3 nitrogen and oxygen atoms in total. The van der Waals surface area contributed by atoms with Crippen LogP contribution in [0.15, 0.2) is 0 Å². The molecule has 0 aliphatic carbocycles. The van der Waals surface area contributed by atoms with Crippen molar-refractivity contribution in [3.63, 3.8) is 0 Å². The Morgan fingerprint density at radius 2 is 1.42 bits per heavy atom. The average molecular weight is 307 g/mol. The predicted molar refractivity (Wildman–Crippen MR) is 87.7 cm³/mol. The lowest BCUT2D eigenvalue weighted by molar-refractivity contribution is 0.0903. The fraction of sp³-hybridized carbons (Fsp3) is 1.00. The molecule has 0 atom stereocenters. The molecule has 0 amide bonds. The van der Waals surface area contributed by atoms with E-state index in [1.54, 1.807) is 0 Å². The monoisotopic (exact) mass is 306 g/mol. The third-order valence-electron chi connectivity index (χ3n) is 3.24. The van der Waals surface area contributed by atoms with Gasteiger partial charge in [0.25, 0.3) is 0 Å². The summed E-state index contributed by atoms with van der Waals surface area (Å²) < 4.78 is 11.8. The number of aliphatic hydroxyl groups is 1. The predicted octanol–water partition coefficient (Wildman–Crippen LogP) is 4.00. The van der Waals surface area contributed by atoms with Gasteiger partial charge in [-0.3, -0.25) is 0 Å². The van der Waals surface area contributed by atoms with Crippen molar-refractivity contribution in [2.75, 3.05) is 19.8 Å². The summed E-state index contributed by atoms with van der Waals surface area (Å²) in [6.07, 6.45) is 4.84. The molecule has 0 aromatic rings. The molecule has 0 aliphatic rings. The molecule has 0 spiro atoms. The minimum absolute atomic E-state index is 0.126. The van der Waals surface area contributed by atoms with Crippen LogP contribution < -0.4 is 0 Å². The Bertz CT molecular complexity index is 221. The lowest BCUT2D eigenvalue weighted by atomic mass is 10.4. The molecule has 0 unspecified atom stereocenters. The minimum Gasteiger partial charge on any atom is -0.455 e. The molecular weight excluding hydrogens is 272 g/mol. The lowest BCUT2D eigenvalue weighted by Crippen LogP contribution is -2.44. The molecule has 19 heavy (non-hydrogen) atoms. The van der Waals surface area contributed by atoms with Crippen LogP contribution >= 0.6 is 0 Å². The summed E-state index contributed by atoms with van der Waals surface area (Å²) in [5, 5.41) is 8.62. The maximum absolute atomic E-state index is 8.62. The molecular formula is C14H34O3Si2. The first-order valence-corrected chi connectivity index (χ1v) is 13.9. The zero-order valence-electron chi connectivity index (χ0n) is 13.6. The highest BCUT2D eigenvalue weighted by molar-refractivity contribution is 6.84. The Morgan fingerprint density at radius 3 is 1.95 bits per heavy atom. The van der Waals surface area contributed by atoms with E-state index in [9.17, 15) is 0 Å². The molecule has 0 aromatic carbocycles. The van der Waals surface area contributed by atoms with Crippen molar-refractivity contribution in [2.24, 2.45) is 0 Å². The first-order valence-electron chi connectivity index (χ1n) is 7.72. The van der Waals surface area contributed by atoms with Crippen molar-refractivity contribution < 1.29 is 14.0 Å². The quantitative estimate of drug-likeness (QED) is 0.437. The number of rotatable bonds is 12. The average Bonchev–Trinajstić information content (AvgIpc) is 2.30. The summed E-state index contributed by atoms with van der Waals surface area (Å²) in [5.41, 5.74) is 0. The summed E-state index contributed by atoms with van der Waals surface area (Å²) >= 11 is 0. The van der Waals surface area contributed by atoms with Gasteiger partial charge in [-0.2, -0.15) is 0 Å². The van der Waals surface area contributed by atoms with Crippen LogP contribution in [0, 0.1) is 0 Å². The molecule has 116 valence electrons. The highest BCUT2D eigenvalue weighted by Gasteiger charge is 2.31. The lowest BCUT2D eigenvalue weighted by Gasteiger charge is -2.34. The van der Waals surface area contributed by atoms with E-state index in [1.807, 2.05) is 0 Å². The van der Waals surface area contributed by atoms with Gasteiger partial charge >= 0.3 is 0 Å². The van der Waals surface area contributed by atoms with Crippen molar-refractivity contribution in [1.82, 2.24) is 0 Å². The van der Waals surface area contributed by atoms with Crippen LogP contribution in [0.3, 0.4) is 0 Å². The molecule has 0 aliphatic heterocycles. The van der Waals surface area contributed by atoms with Gasteiger partial charge in [0.15, 0.2) is 16.6 Å². The van der Waals surface area contributed by atoms with Gasteiger partial charge in [0.1, 0.15) is 0 Å². The molecule has 1 N–H and O–H groups in total. The smallest absolute Gasteiger partial charge is 0.173 e. The fourth-order valence-electron chi connectivity index (χ4n) is 2.37. The zero-order valence-corrected chi connectivity index (χ0v) is 15.6. The molecule has 0 heterocycles. The number of aliphatic hydroxyl groups excluding tert-OH is 1. The van der Waals surface area contributed by atoms with E-state index in [0.29, 0.717) is 6.61 Å². The third-order valence-corrected chi connectivity index (χ3v) is 10.8. The van der Waals surface area contributed by atoms with Gasteiger partial charge in [-0.1, -0.05) is 26.2 Å². The normalized spacial score (nSPS) is 12.9. The summed E-state index contributed by atoms with van der Waals surface area (Å²) in [5.74, 6) is 0. The molecule has 0 bridgehead atoms. The minimum atomic E-state index is -1.50. The van der Waals surface area contributed by atoms with Crippen molar-refractivity contribution >= 4 is 16.6 Å². The number of ether oxygens (including phenoxy) is 1. The van der Waals surface area contributed by atoms with Crippen LogP contribution in [0.4, 0.5) is 0 Å². The fourth-order valence-corrected chi connectivity index (χ4v) is 11.5. The Morgan fingerprint density at radius 1 is 0.842 bits per heavy atom. The van der Waals surface area contributed by atoms with E-state index in [2.05, 4.69) is 33.1 Å². The van der Waals surface area contributed by atoms with E-state index in [-0.39, 0.29) is 6.61 Å². The molecule has 0 saturated heterocycles. The largest absolute Gasteiger partial charge is 0.455 e. The molecule has 5 heteroatoms. The standard InChI is InChI=1S/C14H34O3Si2/c1-6-7-13-18(2,3)17-19(4,5)14-9-8-11-16-12-10-15/h15H,6-14H2,1-5H3. The summed E-state index contributed by atoms with van der Waals surface area (Å²) in [6, 6.07) is 2.51. The van der Waals surface area contributed by atoms with Crippen LogP contribution in [0.25, 0.3) is 0 Å². The molecule has 0 rings (SSSR count). The first kappa shape index (κ1) is 19.3. The van der Waals surface area contributed by atoms with E-state index in [0.717, 1.165) is 13.0 Å². The molecule has 0 fully saturated rings. The Balaban J connectivity index is 3.83. The van der Waals surface area contributed by atoms with Gasteiger partial charge in [-0.15, -0.1) is 0 Å². The van der Waals surface area contributed by atoms with Gasteiger partial charge in [-0.25, -0.2) is 0 Å². The zero-order chi connectivity index (χ0) is 14.8. The van der Waals surface area contributed by atoms with Crippen LogP contribution in [-0.4, -0.2) is 41.6 Å². The maximum Gasteiger partial charge on any atom is 0.173 e. The van der Waals surface area contributed by atoms with Crippen LogP contribution in [0.1, 0.15) is 32.6 Å². The van der Waals surface area contributed by atoms with Crippen molar-refractivity contribution in [2.45, 2.75) is 70.9 Å². The van der Waals surface area contributed by atoms with Gasteiger partial charge in [0, 0.05) is 6.61 Å². The number of hydrogen-bond donors (Lipinski definition) is 1. The first-order chi connectivity index (χ1) is 8.83. The van der Waals surface area contributed by atoms with Gasteiger partial charge in [0.05, 0.1) is 13.2 Å². The Labute approximate surface area is 122 Å². The summed E-state index contributed by atoms with van der Waals surface area (Å²) in [4.78, 5) is 0. The van der Waals surface area contributed by atoms with Crippen molar-refractivity contribution in [3.05, 3.63) is 0 Å². The Kier molecular flexibility index (Phi) is 10.3. The van der Waals surface area contributed by atoms with Crippen molar-refractivity contribution in [1.29, 1.82) is 0 Å². The van der Waals surface area contributed by atoms with Gasteiger partial charge in [0.2, 0.25) is 0 Å². The molecule has 0 radical (unpaired) electrons. The van der Waals surface area contributed by atoms with E-state index >= 15 is 0 Å². The SMILES string of the molecule is CCCC[Si](C)(C)O[Si](C)(C)CCCCOCCO. The van der Waals surface area contributed by atoms with Crippen molar-refractivity contribution in [3.8, 4) is 0 Å². The van der Waals surface area contributed by atoms with Crippen LogP contribution in [-0.2, 0) is 8.85 Å². The second-order valence-electron chi connectivity index (χ2n) is 6.52. The summed E-state index contributed by atoms with van der Waals surface area (Å²) in [6.45, 7) is 13.0. The molecule has 0 aromatic heterocycles. The second-order valence-corrected chi connectivity index (χ2v) is 15.4. The Hall–Kier alpha value is 0.314. The van der Waals surface area contributed by atoms with Gasteiger partial charge in [-0.05, 0) is 44.7 Å². The van der Waals surface area contributed by atoms with E-state index in [1.165, 1.54) is 31.4 Å². The number of hydrogen-bond acceptors (Lipinski definition) is 3. The number of unbranched alkanes of at least 4 members (excludes halogenated alkanes) is 2. The highest BCUT2D eigenvalue weighted by Crippen LogP contribution is 2.24. The highest BCUT2D eigenvalue weighted by atomic mass is 28.4. The van der Waals surface area contributed by atoms with Crippen LogP contribution in [0.5, 0.6) is 0 Å². The van der Waals surface area contributed by atoms with Crippen LogP contribution in [0.2, 0.25) is 38.3 Å². The summed E-state index contributed by atoms with van der Waals surface area (Å²) in [7, 11) is -2.94. The van der Waals surface area contributed by atoms with E-state index in [4.69, 9.17) is 14.0 Å². The van der Waals surface area contributed by atoms with Gasteiger partial charge < -0.3 is 14.0 Å². The third kappa shape index (κ3) is 11.8. The molecule has 0 saturated carbocycles. The van der Waals surface area contributed by atoms with E-state index < -0.39 is 16.6 Å². The second kappa shape index (κ2) is 10.1. The topological polar surface area (TPSA) is 38.7 Å². The maximum atomic E-state index is 8.62.